The standard InChI is InChI=1S/C23H24ClNO3/c1-5-27-22-16(4)23-20(15(3)13-28-23)11-19(22)14(2)10-21(26)25-12-17-6-8-18(24)9-7-17/h6-11,13H,5,12H2,1-4H3,(H,25,26)/b14-10+. The highest BCUT2D eigenvalue weighted by atomic mass is 35.5. The van der Waals surface area contributed by atoms with Gasteiger partial charge in [-0.3, -0.25) is 4.79 Å². The van der Waals surface area contributed by atoms with Crippen molar-refractivity contribution in [2.24, 2.45) is 0 Å². The highest BCUT2D eigenvalue weighted by molar-refractivity contribution is 6.30. The van der Waals surface area contributed by atoms with Crippen LogP contribution in [-0.2, 0) is 11.3 Å². The zero-order chi connectivity index (χ0) is 20.3. The highest BCUT2D eigenvalue weighted by Crippen LogP contribution is 2.37. The van der Waals surface area contributed by atoms with Gasteiger partial charge in [-0.2, -0.15) is 0 Å². The molecule has 1 aromatic heterocycles. The van der Waals surface area contributed by atoms with Gasteiger partial charge in [-0.15, -0.1) is 0 Å². The van der Waals surface area contributed by atoms with E-state index < -0.39 is 0 Å². The Morgan fingerprint density at radius 1 is 1.25 bits per heavy atom. The van der Waals surface area contributed by atoms with Crippen LogP contribution in [0, 0.1) is 13.8 Å². The molecule has 0 bridgehead atoms. The first kappa shape index (κ1) is 20.0. The summed E-state index contributed by atoms with van der Waals surface area (Å²) in [6.07, 6.45) is 3.35. The van der Waals surface area contributed by atoms with Gasteiger partial charge in [0.25, 0.3) is 0 Å². The fraction of sp³-hybridized carbons (Fsp3) is 0.261. The molecule has 0 unspecified atom stereocenters. The summed E-state index contributed by atoms with van der Waals surface area (Å²) in [6.45, 7) is 8.83. The molecule has 0 fully saturated rings. The van der Waals surface area contributed by atoms with Crippen molar-refractivity contribution in [1.82, 2.24) is 5.32 Å². The van der Waals surface area contributed by atoms with Crippen LogP contribution in [0.3, 0.4) is 0 Å². The second-order valence-corrected chi connectivity index (χ2v) is 7.21. The summed E-state index contributed by atoms with van der Waals surface area (Å²) in [5, 5.41) is 4.62. The number of fused-ring (bicyclic) bond motifs is 1. The number of ether oxygens (including phenoxy) is 1. The van der Waals surface area contributed by atoms with E-state index in [1.54, 1.807) is 12.3 Å². The third-order valence-corrected chi connectivity index (χ3v) is 4.93. The fourth-order valence-electron chi connectivity index (χ4n) is 3.18. The number of amides is 1. The van der Waals surface area contributed by atoms with Crippen molar-refractivity contribution in [2.45, 2.75) is 34.2 Å². The van der Waals surface area contributed by atoms with Crippen molar-refractivity contribution in [1.29, 1.82) is 0 Å². The molecule has 28 heavy (non-hydrogen) atoms. The molecule has 4 nitrogen and oxygen atoms in total. The number of rotatable bonds is 6. The molecule has 1 heterocycles. The van der Waals surface area contributed by atoms with Crippen LogP contribution >= 0.6 is 11.6 Å². The van der Waals surface area contributed by atoms with E-state index in [0.717, 1.165) is 44.5 Å². The number of furan rings is 1. The zero-order valence-electron chi connectivity index (χ0n) is 16.6. The van der Waals surface area contributed by atoms with Gasteiger partial charge in [0.2, 0.25) is 5.91 Å². The molecular formula is C23H24ClNO3. The number of nitrogens with one attached hydrogen (secondary N) is 1. The first-order valence-electron chi connectivity index (χ1n) is 9.25. The molecule has 5 heteroatoms. The number of hydrogen-bond acceptors (Lipinski definition) is 3. The minimum absolute atomic E-state index is 0.156. The van der Waals surface area contributed by atoms with Gasteiger partial charge in [-0.25, -0.2) is 0 Å². The summed E-state index contributed by atoms with van der Waals surface area (Å²) in [7, 11) is 0. The Bertz CT molecular complexity index is 1030. The second kappa shape index (κ2) is 8.53. The van der Waals surface area contributed by atoms with E-state index in [2.05, 4.69) is 5.32 Å². The smallest absolute Gasteiger partial charge is 0.244 e. The Labute approximate surface area is 170 Å². The van der Waals surface area contributed by atoms with Crippen LogP contribution in [0.2, 0.25) is 5.02 Å². The predicted molar refractivity (Wildman–Crippen MR) is 114 cm³/mol. The molecule has 2 aromatic carbocycles. The molecular weight excluding hydrogens is 374 g/mol. The van der Waals surface area contributed by atoms with Crippen LogP contribution in [0.5, 0.6) is 5.75 Å². The van der Waals surface area contributed by atoms with Crippen molar-refractivity contribution < 1.29 is 13.9 Å². The number of aryl methyl sites for hydroxylation is 2. The van der Waals surface area contributed by atoms with Gasteiger partial charge in [0.05, 0.1) is 12.9 Å². The van der Waals surface area contributed by atoms with E-state index in [1.165, 1.54) is 0 Å². The van der Waals surface area contributed by atoms with Crippen molar-refractivity contribution in [2.75, 3.05) is 6.61 Å². The Hall–Kier alpha value is -2.72. The molecule has 3 rings (SSSR count). The van der Waals surface area contributed by atoms with Gasteiger partial charge in [0.1, 0.15) is 11.3 Å². The Morgan fingerprint density at radius 3 is 2.64 bits per heavy atom. The minimum atomic E-state index is -0.156. The molecule has 1 N–H and O–H groups in total. The molecule has 1 amide bonds. The van der Waals surface area contributed by atoms with Crippen LogP contribution < -0.4 is 10.1 Å². The fourth-order valence-corrected chi connectivity index (χ4v) is 3.30. The second-order valence-electron chi connectivity index (χ2n) is 6.78. The molecule has 0 aliphatic heterocycles. The van der Waals surface area contributed by atoms with Gasteiger partial charge >= 0.3 is 0 Å². The Balaban J connectivity index is 1.87. The van der Waals surface area contributed by atoms with Crippen LogP contribution in [0.4, 0.5) is 0 Å². The largest absolute Gasteiger partial charge is 0.493 e. The number of hydrogen-bond donors (Lipinski definition) is 1. The summed E-state index contributed by atoms with van der Waals surface area (Å²) in [5.74, 6) is 0.597. The number of carbonyl (C=O) groups is 1. The van der Waals surface area contributed by atoms with Crippen molar-refractivity contribution in [3.8, 4) is 5.75 Å². The van der Waals surface area contributed by atoms with Gasteiger partial charge in [0, 0.05) is 34.2 Å². The van der Waals surface area contributed by atoms with E-state index >= 15 is 0 Å². The summed E-state index contributed by atoms with van der Waals surface area (Å²) in [4.78, 5) is 12.4. The molecule has 146 valence electrons. The number of carbonyl (C=O) groups excluding carboxylic acids is 1. The molecule has 0 atom stereocenters. The molecule has 0 aliphatic carbocycles. The molecule has 0 saturated heterocycles. The van der Waals surface area contributed by atoms with Crippen LogP contribution in [0.1, 0.15) is 36.1 Å². The van der Waals surface area contributed by atoms with E-state index in [4.69, 9.17) is 20.8 Å². The van der Waals surface area contributed by atoms with Crippen molar-refractivity contribution in [3.05, 3.63) is 69.9 Å². The van der Waals surface area contributed by atoms with E-state index in [9.17, 15) is 4.79 Å². The monoisotopic (exact) mass is 397 g/mol. The Kier molecular flexibility index (Phi) is 6.10. The average Bonchev–Trinajstić information content (AvgIpc) is 3.04. The summed E-state index contributed by atoms with van der Waals surface area (Å²) >= 11 is 5.89. The molecule has 0 radical (unpaired) electrons. The van der Waals surface area contributed by atoms with Crippen molar-refractivity contribution >= 4 is 34.1 Å². The summed E-state index contributed by atoms with van der Waals surface area (Å²) in [6, 6.07) is 9.44. The average molecular weight is 398 g/mol. The van der Waals surface area contributed by atoms with Crippen LogP contribution in [-0.4, -0.2) is 12.5 Å². The summed E-state index contributed by atoms with van der Waals surface area (Å²) in [5.41, 5.74) is 5.55. The maximum absolute atomic E-state index is 12.4. The minimum Gasteiger partial charge on any atom is -0.493 e. The normalized spacial score (nSPS) is 11.7. The van der Waals surface area contributed by atoms with Crippen LogP contribution in [0.15, 0.2) is 47.1 Å². The zero-order valence-corrected chi connectivity index (χ0v) is 17.3. The highest BCUT2D eigenvalue weighted by Gasteiger charge is 2.17. The van der Waals surface area contributed by atoms with Crippen molar-refractivity contribution in [3.63, 3.8) is 0 Å². The SMILES string of the molecule is CCOc1c(/C(C)=C/C(=O)NCc2ccc(Cl)cc2)cc2c(C)coc2c1C. The quantitative estimate of drug-likeness (QED) is 0.533. The van der Waals surface area contributed by atoms with Gasteiger partial charge in [0.15, 0.2) is 0 Å². The maximum atomic E-state index is 12.4. The van der Waals surface area contributed by atoms with E-state index in [1.807, 2.05) is 58.0 Å². The van der Waals surface area contributed by atoms with E-state index in [-0.39, 0.29) is 5.91 Å². The van der Waals surface area contributed by atoms with E-state index in [0.29, 0.717) is 18.2 Å². The third-order valence-electron chi connectivity index (χ3n) is 4.68. The number of benzene rings is 2. The molecule has 0 aliphatic rings. The molecule has 0 spiro atoms. The van der Waals surface area contributed by atoms with Gasteiger partial charge in [-0.1, -0.05) is 23.7 Å². The van der Waals surface area contributed by atoms with Gasteiger partial charge < -0.3 is 14.5 Å². The first-order valence-corrected chi connectivity index (χ1v) is 9.63. The molecule has 3 aromatic rings. The number of halogens is 1. The lowest BCUT2D eigenvalue weighted by Crippen LogP contribution is -2.20. The Morgan fingerprint density at radius 2 is 1.96 bits per heavy atom. The summed E-state index contributed by atoms with van der Waals surface area (Å²) < 4.78 is 11.6. The molecule has 0 saturated carbocycles. The lowest BCUT2D eigenvalue weighted by Gasteiger charge is -2.14. The van der Waals surface area contributed by atoms with Gasteiger partial charge in [-0.05, 0) is 62.6 Å². The number of allylic oxidation sites excluding steroid dienone is 1. The lowest BCUT2D eigenvalue weighted by atomic mass is 9.98. The topological polar surface area (TPSA) is 51.5 Å². The first-order chi connectivity index (χ1) is 13.4. The maximum Gasteiger partial charge on any atom is 0.244 e. The third kappa shape index (κ3) is 4.23. The van der Waals surface area contributed by atoms with Crippen LogP contribution in [0.25, 0.3) is 16.5 Å². The lowest BCUT2D eigenvalue weighted by molar-refractivity contribution is -0.116. The predicted octanol–water partition coefficient (Wildman–Crippen LogP) is 5.82.